The van der Waals surface area contributed by atoms with Crippen LogP contribution < -0.4 is 15.2 Å². The van der Waals surface area contributed by atoms with Gasteiger partial charge in [-0.05, 0) is 19.9 Å². The van der Waals surface area contributed by atoms with Gasteiger partial charge < -0.3 is 19.9 Å². The van der Waals surface area contributed by atoms with Crippen molar-refractivity contribution in [3.8, 4) is 11.5 Å². The quantitative estimate of drug-likeness (QED) is 0.908. The van der Waals surface area contributed by atoms with E-state index in [1.165, 1.54) is 0 Å². The van der Waals surface area contributed by atoms with E-state index in [1.54, 1.807) is 7.11 Å². The number of benzene rings is 1. The molecule has 1 heterocycles. The molecule has 1 fully saturated rings. The van der Waals surface area contributed by atoms with Crippen molar-refractivity contribution in [2.75, 3.05) is 7.11 Å². The molecule has 106 valence electrons. The molecule has 1 aromatic rings. The van der Waals surface area contributed by atoms with Gasteiger partial charge in [0.25, 0.3) is 0 Å². The monoisotopic (exact) mass is 265 g/mol. The summed E-state index contributed by atoms with van der Waals surface area (Å²) in [6.07, 6.45) is 2.47. The summed E-state index contributed by atoms with van der Waals surface area (Å²) in [5, 5.41) is 0. The van der Waals surface area contributed by atoms with Gasteiger partial charge in [0.2, 0.25) is 0 Å². The molecule has 2 rings (SSSR count). The van der Waals surface area contributed by atoms with Crippen LogP contribution in [-0.4, -0.2) is 25.4 Å². The van der Waals surface area contributed by atoms with Crippen molar-refractivity contribution in [2.24, 2.45) is 5.73 Å². The third kappa shape index (κ3) is 3.61. The molecule has 1 aliphatic heterocycles. The van der Waals surface area contributed by atoms with E-state index >= 15 is 0 Å². The fourth-order valence-electron chi connectivity index (χ4n) is 2.56. The molecular weight excluding hydrogens is 242 g/mol. The fraction of sp³-hybridized carbons (Fsp3) is 0.600. The minimum absolute atomic E-state index is 0.177. The number of hydrogen-bond donors (Lipinski definition) is 1. The van der Waals surface area contributed by atoms with Crippen LogP contribution in [0.2, 0.25) is 0 Å². The lowest BCUT2D eigenvalue weighted by Crippen LogP contribution is -2.35. The zero-order valence-electron chi connectivity index (χ0n) is 11.9. The first-order valence-corrected chi connectivity index (χ1v) is 6.81. The maximum absolute atomic E-state index is 6.12. The van der Waals surface area contributed by atoms with Gasteiger partial charge in [0.15, 0.2) is 0 Å². The van der Waals surface area contributed by atoms with E-state index in [0.29, 0.717) is 6.54 Å². The van der Waals surface area contributed by atoms with Crippen LogP contribution in [0.15, 0.2) is 18.2 Å². The van der Waals surface area contributed by atoms with Gasteiger partial charge in [0.1, 0.15) is 17.6 Å². The van der Waals surface area contributed by atoms with Gasteiger partial charge in [0, 0.05) is 31.0 Å². The molecule has 1 aromatic carbocycles. The topological polar surface area (TPSA) is 53.7 Å². The van der Waals surface area contributed by atoms with Crippen LogP contribution in [0.4, 0.5) is 0 Å². The molecule has 0 amide bonds. The van der Waals surface area contributed by atoms with Crippen molar-refractivity contribution >= 4 is 0 Å². The summed E-state index contributed by atoms with van der Waals surface area (Å²) in [7, 11) is 1.65. The second kappa shape index (κ2) is 6.26. The van der Waals surface area contributed by atoms with Crippen LogP contribution in [0.25, 0.3) is 0 Å². The van der Waals surface area contributed by atoms with Gasteiger partial charge in [-0.2, -0.15) is 0 Å². The van der Waals surface area contributed by atoms with Gasteiger partial charge in [-0.15, -0.1) is 0 Å². The molecule has 0 radical (unpaired) electrons. The van der Waals surface area contributed by atoms with E-state index in [-0.39, 0.29) is 18.3 Å². The highest BCUT2D eigenvalue weighted by Crippen LogP contribution is 2.29. The molecule has 2 atom stereocenters. The van der Waals surface area contributed by atoms with Gasteiger partial charge in [-0.1, -0.05) is 6.07 Å². The highest BCUT2D eigenvalue weighted by molar-refractivity contribution is 5.40. The Morgan fingerprint density at radius 3 is 2.53 bits per heavy atom. The van der Waals surface area contributed by atoms with E-state index in [4.69, 9.17) is 19.9 Å². The number of hydrogen-bond acceptors (Lipinski definition) is 4. The lowest BCUT2D eigenvalue weighted by Gasteiger charge is -2.32. The Morgan fingerprint density at radius 2 is 1.95 bits per heavy atom. The third-order valence-corrected chi connectivity index (χ3v) is 3.44. The fourth-order valence-corrected chi connectivity index (χ4v) is 2.56. The first-order chi connectivity index (χ1) is 9.12. The Morgan fingerprint density at radius 1 is 1.26 bits per heavy atom. The van der Waals surface area contributed by atoms with Crippen molar-refractivity contribution in [2.45, 2.75) is 51.5 Å². The van der Waals surface area contributed by atoms with Crippen LogP contribution in [0.1, 0.15) is 32.3 Å². The summed E-state index contributed by atoms with van der Waals surface area (Å²) in [5.74, 6) is 1.62. The molecule has 4 heteroatoms. The second-order valence-corrected chi connectivity index (χ2v) is 5.15. The second-order valence-electron chi connectivity index (χ2n) is 5.15. The van der Waals surface area contributed by atoms with E-state index < -0.39 is 0 Å². The summed E-state index contributed by atoms with van der Waals surface area (Å²) in [6, 6.07) is 5.78. The molecule has 4 nitrogen and oxygen atoms in total. The predicted octanol–water partition coefficient (Wildman–Crippen LogP) is 2.49. The minimum Gasteiger partial charge on any atom is -0.497 e. The van der Waals surface area contributed by atoms with Crippen molar-refractivity contribution < 1.29 is 14.2 Å². The SMILES string of the molecule is COc1ccc(CN)c(OC2CC(C)OC(C)C2)c1. The first kappa shape index (κ1) is 14.2. The maximum Gasteiger partial charge on any atom is 0.127 e. The predicted molar refractivity (Wildman–Crippen MR) is 74.5 cm³/mol. The average Bonchev–Trinajstić information content (AvgIpc) is 2.37. The normalized spacial score (nSPS) is 27.1. The first-order valence-electron chi connectivity index (χ1n) is 6.81. The van der Waals surface area contributed by atoms with Crippen molar-refractivity contribution in [3.63, 3.8) is 0 Å². The molecule has 2 unspecified atom stereocenters. The van der Waals surface area contributed by atoms with Gasteiger partial charge >= 0.3 is 0 Å². The van der Waals surface area contributed by atoms with Gasteiger partial charge in [-0.25, -0.2) is 0 Å². The summed E-state index contributed by atoms with van der Waals surface area (Å²) in [6.45, 7) is 4.64. The number of methoxy groups -OCH3 is 1. The van der Waals surface area contributed by atoms with E-state index in [9.17, 15) is 0 Å². The molecule has 0 aromatic heterocycles. The van der Waals surface area contributed by atoms with Crippen molar-refractivity contribution in [1.82, 2.24) is 0 Å². The zero-order valence-corrected chi connectivity index (χ0v) is 11.9. The summed E-state index contributed by atoms with van der Waals surface area (Å²) >= 11 is 0. The largest absolute Gasteiger partial charge is 0.497 e. The Kier molecular flexibility index (Phi) is 4.66. The zero-order chi connectivity index (χ0) is 13.8. The lowest BCUT2D eigenvalue weighted by molar-refractivity contribution is -0.0723. The maximum atomic E-state index is 6.12. The smallest absolute Gasteiger partial charge is 0.127 e. The molecule has 0 spiro atoms. The Labute approximate surface area is 114 Å². The van der Waals surface area contributed by atoms with Crippen LogP contribution in [0.5, 0.6) is 11.5 Å². The number of rotatable bonds is 4. The molecule has 19 heavy (non-hydrogen) atoms. The van der Waals surface area contributed by atoms with Gasteiger partial charge in [-0.3, -0.25) is 0 Å². The third-order valence-electron chi connectivity index (χ3n) is 3.44. The van der Waals surface area contributed by atoms with Crippen LogP contribution in [0.3, 0.4) is 0 Å². The Balaban J connectivity index is 2.12. The molecule has 2 N–H and O–H groups in total. The highest BCUT2D eigenvalue weighted by atomic mass is 16.5. The number of ether oxygens (including phenoxy) is 3. The Bertz CT molecular complexity index is 412. The van der Waals surface area contributed by atoms with Crippen molar-refractivity contribution in [1.29, 1.82) is 0 Å². The van der Waals surface area contributed by atoms with E-state index in [2.05, 4.69) is 13.8 Å². The Hall–Kier alpha value is -1.26. The highest BCUT2D eigenvalue weighted by Gasteiger charge is 2.26. The van der Waals surface area contributed by atoms with Crippen LogP contribution in [-0.2, 0) is 11.3 Å². The molecular formula is C15H23NO3. The standard InChI is InChI=1S/C15H23NO3/c1-10-6-14(7-11(2)18-10)19-15-8-13(17-3)5-4-12(15)9-16/h4-5,8,10-11,14H,6-7,9,16H2,1-3H3. The lowest BCUT2D eigenvalue weighted by atomic mass is 10.0. The van der Waals surface area contributed by atoms with Gasteiger partial charge in [0.05, 0.1) is 19.3 Å². The molecule has 1 saturated heterocycles. The molecule has 0 bridgehead atoms. The summed E-state index contributed by atoms with van der Waals surface area (Å²) in [5.41, 5.74) is 6.76. The van der Waals surface area contributed by atoms with Crippen molar-refractivity contribution in [3.05, 3.63) is 23.8 Å². The molecule has 1 aliphatic rings. The number of nitrogens with two attached hydrogens (primary N) is 1. The average molecular weight is 265 g/mol. The van der Waals surface area contributed by atoms with E-state index in [1.807, 2.05) is 18.2 Å². The minimum atomic E-state index is 0.177. The summed E-state index contributed by atoms with van der Waals surface area (Å²) < 4.78 is 17.1. The van der Waals surface area contributed by atoms with E-state index in [0.717, 1.165) is 29.9 Å². The molecule has 0 aliphatic carbocycles. The summed E-state index contributed by atoms with van der Waals surface area (Å²) in [4.78, 5) is 0. The van der Waals surface area contributed by atoms with Crippen LogP contribution >= 0.6 is 0 Å². The van der Waals surface area contributed by atoms with Crippen LogP contribution in [0, 0.1) is 0 Å². The molecule has 0 saturated carbocycles.